The van der Waals surface area contributed by atoms with E-state index in [-0.39, 0.29) is 12.1 Å². The van der Waals surface area contributed by atoms with Crippen LogP contribution in [0, 0.1) is 13.8 Å². The molecule has 2 atom stereocenters. The number of hydrogen-bond acceptors (Lipinski definition) is 3. The molecule has 0 amide bonds. The van der Waals surface area contributed by atoms with Crippen LogP contribution in [-0.2, 0) is 0 Å². The van der Waals surface area contributed by atoms with Crippen molar-refractivity contribution in [1.29, 1.82) is 0 Å². The van der Waals surface area contributed by atoms with Crippen LogP contribution >= 0.6 is 23.8 Å². The van der Waals surface area contributed by atoms with Gasteiger partial charge in [0, 0.05) is 34.0 Å². The largest absolute Gasteiger partial charge is 0.497 e. The lowest BCUT2D eigenvalue weighted by Gasteiger charge is -2.28. The Labute approximate surface area is 210 Å². The second kappa shape index (κ2) is 9.12. The second-order valence-electron chi connectivity index (χ2n) is 8.33. The average Bonchev–Trinajstić information content (AvgIpc) is 3.35. The van der Waals surface area contributed by atoms with E-state index >= 15 is 0 Å². The molecule has 2 aromatic heterocycles. The fraction of sp³-hybridized carbons (Fsp3) is 0.185. The van der Waals surface area contributed by atoms with Crippen molar-refractivity contribution in [2.24, 2.45) is 0 Å². The molecule has 34 heavy (non-hydrogen) atoms. The zero-order valence-electron chi connectivity index (χ0n) is 19.2. The van der Waals surface area contributed by atoms with Crippen molar-refractivity contribution in [3.05, 3.63) is 107 Å². The minimum atomic E-state index is -0.103. The molecular formula is C27H25ClN4OS. The van der Waals surface area contributed by atoms with E-state index < -0.39 is 0 Å². The Morgan fingerprint density at radius 3 is 2.32 bits per heavy atom. The number of aryl methyl sites for hydroxylation is 1. The first-order valence-electron chi connectivity index (χ1n) is 11.1. The van der Waals surface area contributed by atoms with Crippen molar-refractivity contribution in [3.8, 4) is 11.4 Å². The zero-order chi connectivity index (χ0) is 23.8. The molecule has 5 rings (SSSR count). The van der Waals surface area contributed by atoms with Crippen molar-refractivity contribution in [3.63, 3.8) is 0 Å². The molecule has 1 saturated heterocycles. The standard InChI is InChI=1S/C27H25ClN4OS/c1-17-16-23(18(2)31(17)20-11-13-22(33-3)14-12-20)26-25(24-6-4-5-15-29-24)30-27(34)32(26)21-9-7-19(28)8-10-21/h4-16,25-26H,1-3H3,(H,30,34). The summed E-state index contributed by atoms with van der Waals surface area (Å²) in [6.07, 6.45) is 1.82. The Morgan fingerprint density at radius 1 is 0.971 bits per heavy atom. The highest BCUT2D eigenvalue weighted by Crippen LogP contribution is 2.43. The highest BCUT2D eigenvalue weighted by atomic mass is 35.5. The number of rotatable bonds is 5. The zero-order valence-corrected chi connectivity index (χ0v) is 20.8. The lowest BCUT2D eigenvalue weighted by atomic mass is 9.96. The molecule has 0 saturated carbocycles. The van der Waals surface area contributed by atoms with Gasteiger partial charge < -0.3 is 19.5 Å². The van der Waals surface area contributed by atoms with Crippen molar-refractivity contribution < 1.29 is 4.74 Å². The van der Waals surface area contributed by atoms with Gasteiger partial charge in [0.2, 0.25) is 0 Å². The number of anilines is 1. The van der Waals surface area contributed by atoms with E-state index in [9.17, 15) is 0 Å². The summed E-state index contributed by atoms with van der Waals surface area (Å²) in [5.41, 5.74) is 6.50. The molecule has 172 valence electrons. The fourth-order valence-corrected chi connectivity index (χ4v) is 5.24. The normalized spacial score (nSPS) is 17.6. The van der Waals surface area contributed by atoms with E-state index in [1.165, 1.54) is 5.56 Å². The molecule has 1 aliphatic rings. The Morgan fingerprint density at radius 2 is 1.68 bits per heavy atom. The maximum absolute atomic E-state index is 6.18. The smallest absolute Gasteiger partial charge is 0.174 e. The minimum absolute atomic E-state index is 0.0817. The summed E-state index contributed by atoms with van der Waals surface area (Å²) >= 11 is 12.0. The van der Waals surface area contributed by atoms with Gasteiger partial charge in [0.15, 0.2) is 5.11 Å². The van der Waals surface area contributed by atoms with E-state index in [1.54, 1.807) is 7.11 Å². The number of methoxy groups -OCH3 is 1. The Hall–Kier alpha value is -3.35. The Kier molecular flexibility index (Phi) is 6.02. The van der Waals surface area contributed by atoms with Gasteiger partial charge in [-0.2, -0.15) is 0 Å². The molecule has 1 fully saturated rings. The minimum Gasteiger partial charge on any atom is -0.497 e. The molecule has 4 aromatic rings. The number of benzene rings is 2. The molecule has 2 unspecified atom stereocenters. The number of nitrogens with zero attached hydrogens (tertiary/aromatic N) is 3. The van der Waals surface area contributed by atoms with Crippen LogP contribution in [0.5, 0.6) is 5.75 Å². The average molecular weight is 489 g/mol. The van der Waals surface area contributed by atoms with Crippen molar-refractivity contribution >= 4 is 34.6 Å². The summed E-state index contributed by atoms with van der Waals surface area (Å²) in [6.45, 7) is 4.29. The Bertz CT molecular complexity index is 1320. The molecule has 0 radical (unpaired) electrons. The summed E-state index contributed by atoms with van der Waals surface area (Å²) < 4.78 is 7.61. The quantitative estimate of drug-likeness (QED) is 0.332. The number of thiocarbonyl (C=S) groups is 1. The highest BCUT2D eigenvalue weighted by Gasteiger charge is 2.42. The van der Waals surface area contributed by atoms with Gasteiger partial charge in [0.1, 0.15) is 5.75 Å². The van der Waals surface area contributed by atoms with E-state index in [4.69, 9.17) is 28.6 Å². The van der Waals surface area contributed by atoms with Gasteiger partial charge in [-0.1, -0.05) is 17.7 Å². The van der Waals surface area contributed by atoms with Gasteiger partial charge in [0.25, 0.3) is 0 Å². The summed E-state index contributed by atoms with van der Waals surface area (Å²) in [5, 5.41) is 4.88. The summed E-state index contributed by atoms with van der Waals surface area (Å²) in [7, 11) is 1.68. The topological polar surface area (TPSA) is 42.3 Å². The van der Waals surface area contributed by atoms with Crippen LogP contribution in [0.4, 0.5) is 5.69 Å². The van der Waals surface area contributed by atoms with Crippen LogP contribution in [0.2, 0.25) is 5.02 Å². The lowest BCUT2D eigenvalue weighted by Crippen LogP contribution is -2.29. The fourth-order valence-electron chi connectivity index (χ4n) is 4.77. The number of aromatic nitrogens is 2. The third kappa shape index (κ3) is 3.93. The second-order valence-corrected chi connectivity index (χ2v) is 9.16. The van der Waals surface area contributed by atoms with E-state index in [0.29, 0.717) is 10.1 Å². The van der Waals surface area contributed by atoms with Crippen molar-refractivity contribution in [1.82, 2.24) is 14.9 Å². The number of hydrogen-bond donors (Lipinski definition) is 1. The number of pyridine rings is 1. The molecule has 0 spiro atoms. The van der Waals surface area contributed by atoms with Crippen LogP contribution in [-0.4, -0.2) is 21.8 Å². The van der Waals surface area contributed by atoms with Gasteiger partial charge >= 0.3 is 0 Å². The Balaban J connectivity index is 1.65. The van der Waals surface area contributed by atoms with Crippen molar-refractivity contribution in [2.45, 2.75) is 25.9 Å². The third-order valence-electron chi connectivity index (χ3n) is 6.32. The van der Waals surface area contributed by atoms with Crippen LogP contribution < -0.4 is 15.0 Å². The monoisotopic (exact) mass is 488 g/mol. The molecule has 7 heteroatoms. The first-order chi connectivity index (χ1) is 16.5. The number of ether oxygens (including phenoxy) is 1. The van der Waals surface area contributed by atoms with Gasteiger partial charge in [-0.05, 0) is 98.4 Å². The molecule has 0 aliphatic carbocycles. The number of halogens is 1. The van der Waals surface area contributed by atoms with E-state index in [1.807, 2.05) is 60.8 Å². The lowest BCUT2D eigenvalue weighted by molar-refractivity contribution is 0.414. The predicted molar refractivity (Wildman–Crippen MR) is 141 cm³/mol. The van der Waals surface area contributed by atoms with Crippen molar-refractivity contribution in [2.75, 3.05) is 12.0 Å². The highest BCUT2D eigenvalue weighted by molar-refractivity contribution is 7.80. The van der Waals surface area contributed by atoms with Crippen LogP contribution in [0.3, 0.4) is 0 Å². The van der Waals surface area contributed by atoms with Crippen LogP contribution in [0.1, 0.15) is 34.7 Å². The summed E-state index contributed by atoms with van der Waals surface area (Å²) in [5.74, 6) is 0.834. The maximum Gasteiger partial charge on any atom is 0.174 e. The number of nitrogens with one attached hydrogen (secondary N) is 1. The molecule has 2 aromatic carbocycles. The molecule has 3 heterocycles. The molecular weight excluding hydrogens is 464 g/mol. The predicted octanol–water partition coefficient (Wildman–Crippen LogP) is 6.33. The van der Waals surface area contributed by atoms with Gasteiger partial charge in [0.05, 0.1) is 24.9 Å². The van der Waals surface area contributed by atoms with Gasteiger partial charge in [-0.25, -0.2) is 0 Å². The maximum atomic E-state index is 6.18. The van der Waals surface area contributed by atoms with Crippen LogP contribution in [0.25, 0.3) is 5.69 Å². The molecule has 0 bridgehead atoms. The van der Waals surface area contributed by atoms with Gasteiger partial charge in [-0.3, -0.25) is 4.98 Å². The third-order valence-corrected chi connectivity index (χ3v) is 6.89. The molecule has 5 nitrogen and oxygen atoms in total. The summed E-state index contributed by atoms with van der Waals surface area (Å²) in [6, 6.07) is 24.0. The SMILES string of the molecule is COc1ccc(-n2c(C)cc(C3C(c4ccccn4)NC(=S)N3c3ccc(Cl)cc3)c2C)cc1. The first kappa shape index (κ1) is 22.4. The molecule has 1 N–H and O–H groups in total. The van der Waals surface area contributed by atoms with E-state index in [2.05, 4.69) is 51.8 Å². The van der Waals surface area contributed by atoms with Gasteiger partial charge in [-0.15, -0.1) is 0 Å². The van der Waals surface area contributed by atoms with Crippen LogP contribution in [0.15, 0.2) is 79.0 Å². The molecule has 1 aliphatic heterocycles. The van der Waals surface area contributed by atoms with E-state index in [0.717, 1.165) is 34.2 Å². The summed E-state index contributed by atoms with van der Waals surface area (Å²) in [4.78, 5) is 6.83. The first-order valence-corrected chi connectivity index (χ1v) is 11.9.